The van der Waals surface area contributed by atoms with Gasteiger partial charge < -0.3 is 4.74 Å². The van der Waals surface area contributed by atoms with Crippen LogP contribution in [0.2, 0.25) is 0 Å². The molecule has 2 unspecified atom stereocenters. The predicted octanol–water partition coefficient (Wildman–Crippen LogP) is 14.4. The number of nitrogens with zero attached hydrogens (tertiary/aromatic N) is 1. The summed E-state index contributed by atoms with van der Waals surface area (Å²) in [6.45, 7) is 0. The lowest BCUT2D eigenvalue weighted by molar-refractivity contribution is 0.270. The van der Waals surface area contributed by atoms with Gasteiger partial charge in [-0.25, -0.2) is 4.98 Å². The number of benzene rings is 8. The number of para-hydroxylation sites is 1. The third kappa shape index (κ3) is 5.86. The Morgan fingerprint density at radius 3 is 1.77 bits per heavy atom. The van der Waals surface area contributed by atoms with E-state index < -0.39 is 0 Å². The summed E-state index contributed by atoms with van der Waals surface area (Å²) in [5.41, 5.74) is 14.7. The number of fused-ring (bicyclic) bond motifs is 5. The highest BCUT2D eigenvalue weighted by Crippen LogP contribution is 2.48. The molecule has 2 heterocycles. The van der Waals surface area contributed by atoms with Crippen molar-refractivity contribution in [3.05, 3.63) is 218 Å². The molecule has 1 aliphatic heterocycles. The monoisotopic (exact) mass is 727 g/mol. The van der Waals surface area contributed by atoms with Gasteiger partial charge >= 0.3 is 0 Å². The molecule has 1 aromatic heterocycles. The average molecular weight is 728 g/mol. The summed E-state index contributed by atoms with van der Waals surface area (Å²) in [6.07, 6.45) is 8.67. The Balaban J connectivity index is 1.04. The Bertz CT molecular complexity index is 3020. The van der Waals surface area contributed by atoms with Crippen LogP contribution in [0.4, 0.5) is 0 Å². The van der Waals surface area contributed by atoms with Crippen LogP contribution in [0.25, 0.3) is 88.6 Å². The second-order valence-electron chi connectivity index (χ2n) is 15.0. The molecule has 2 heteroatoms. The van der Waals surface area contributed by atoms with E-state index in [0.717, 1.165) is 55.9 Å². The zero-order chi connectivity index (χ0) is 37.7. The second kappa shape index (κ2) is 13.8. The Morgan fingerprint density at radius 2 is 0.947 bits per heavy atom. The summed E-state index contributed by atoms with van der Waals surface area (Å²) in [5.74, 6) is 1.22. The normalized spacial score (nSPS) is 15.4. The van der Waals surface area contributed by atoms with Crippen LogP contribution < -0.4 is 4.74 Å². The summed E-state index contributed by atoms with van der Waals surface area (Å²) in [7, 11) is 0. The Hall–Kier alpha value is -7.29. The maximum atomic E-state index is 6.63. The van der Waals surface area contributed by atoms with Gasteiger partial charge in [0.05, 0.1) is 11.4 Å². The molecule has 57 heavy (non-hydrogen) atoms. The first-order chi connectivity index (χ1) is 28.2. The van der Waals surface area contributed by atoms with Crippen molar-refractivity contribution in [3.63, 3.8) is 0 Å². The molecule has 2 atom stereocenters. The Labute approximate surface area is 332 Å². The van der Waals surface area contributed by atoms with Gasteiger partial charge in [0.15, 0.2) is 0 Å². The van der Waals surface area contributed by atoms with E-state index in [9.17, 15) is 0 Å². The van der Waals surface area contributed by atoms with E-state index in [4.69, 9.17) is 9.72 Å². The molecule has 268 valence electrons. The number of pyridine rings is 1. The van der Waals surface area contributed by atoms with Crippen LogP contribution in [0.3, 0.4) is 0 Å². The molecule has 0 saturated carbocycles. The van der Waals surface area contributed by atoms with E-state index >= 15 is 0 Å². The average Bonchev–Trinajstić information content (AvgIpc) is 3.68. The molecule has 0 bridgehead atoms. The molecule has 2 nitrogen and oxygen atoms in total. The number of aromatic nitrogens is 1. The fourth-order valence-corrected chi connectivity index (χ4v) is 8.80. The van der Waals surface area contributed by atoms with Gasteiger partial charge in [-0.05, 0) is 78.7 Å². The number of rotatable bonds is 6. The Morgan fingerprint density at radius 1 is 0.368 bits per heavy atom. The maximum Gasteiger partial charge on any atom is 0.132 e. The van der Waals surface area contributed by atoms with Crippen molar-refractivity contribution in [2.45, 2.75) is 12.0 Å². The summed E-state index contributed by atoms with van der Waals surface area (Å²) in [6, 6.07) is 67.7. The standard InChI is InChI=1S/C55H37NO/c1-2-12-36(13-3-1)37-26-30-41(31-27-37)52-34-42(38-24-28-40(29-25-38)44-20-10-15-39-14-4-5-16-43(39)44)35-53(56-52)48-33-32-47(45-17-6-7-18-46(45)48)50-21-11-22-51-49-19-8-9-23-54(49)57-55(50)51/h1-35,49,54H. The van der Waals surface area contributed by atoms with Gasteiger partial charge in [0.25, 0.3) is 0 Å². The first kappa shape index (κ1) is 33.1. The first-order valence-corrected chi connectivity index (χ1v) is 19.7. The highest BCUT2D eigenvalue weighted by atomic mass is 16.5. The highest BCUT2D eigenvalue weighted by molar-refractivity contribution is 6.06. The zero-order valence-electron chi connectivity index (χ0n) is 31.2. The molecular formula is C55H37NO. The number of hydrogen-bond donors (Lipinski definition) is 0. The van der Waals surface area contributed by atoms with Gasteiger partial charge in [0.1, 0.15) is 11.9 Å². The van der Waals surface area contributed by atoms with Gasteiger partial charge in [-0.2, -0.15) is 0 Å². The molecule has 11 rings (SSSR count). The lowest BCUT2D eigenvalue weighted by Crippen LogP contribution is -2.15. The molecule has 0 saturated heterocycles. The third-order valence-corrected chi connectivity index (χ3v) is 11.7. The zero-order valence-corrected chi connectivity index (χ0v) is 31.2. The van der Waals surface area contributed by atoms with Crippen LogP contribution in [0, 0.1) is 0 Å². The first-order valence-electron chi connectivity index (χ1n) is 19.7. The molecule has 0 spiro atoms. The van der Waals surface area contributed by atoms with E-state index in [1.165, 1.54) is 44.0 Å². The molecule has 2 aliphatic rings. The van der Waals surface area contributed by atoms with E-state index in [-0.39, 0.29) is 12.0 Å². The minimum absolute atomic E-state index is 0.0323. The summed E-state index contributed by atoms with van der Waals surface area (Å²) >= 11 is 0. The second-order valence-corrected chi connectivity index (χ2v) is 15.0. The minimum atomic E-state index is 0.0323. The quantitative estimate of drug-likeness (QED) is 0.170. The van der Waals surface area contributed by atoms with Crippen molar-refractivity contribution in [2.24, 2.45) is 0 Å². The summed E-state index contributed by atoms with van der Waals surface area (Å²) in [5, 5.41) is 4.84. The molecular weight excluding hydrogens is 691 g/mol. The van der Waals surface area contributed by atoms with Crippen molar-refractivity contribution in [1.82, 2.24) is 4.98 Å². The predicted molar refractivity (Wildman–Crippen MR) is 237 cm³/mol. The van der Waals surface area contributed by atoms with Crippen molar-refractivity contribution >= 4 is 21.5 Å². The third-order valence-electron chi connectivity index (χ3n) is 11.7. The number of allylic oxidation sites excluding steroid dienone is 2. The van der Waals surface area contributed by atoms with Crippen LogP contribution in [0.5, 0.6) is 5.75 Å². The van der Waals surface area contributed by atoms with Crippen LogP contribution in [0.1, 0.15) is 11.5 Å². The highest BCUT2D eigenvalue weighted by Gasteiger charge is 2.34. The number of hydrogen-bond acceptors (Lipinski definition) is 2. The topological polar surface area (TPSA) is 22.1 Å². The molecule has 8 aromatic carbocycles. The van der Waals surface area contributed by atoms with E-state index in [1.807, 2.05) is 0 Å². The Kier molecular flexibility index (Phi) is 8.00. The van der Waals surface area contributed by atoms with Crippen molar-refractivity contribution in [3.8, 4) is 72.8 Å². The van der Waals surface area contributed by atoms with Gasteiger partial charge in [-0.15, -0.1) is 0 Å². The SMILES string of the molecule is C1=CC2Oc3c(-c4ccc(-c5cc(-c6ccc(-c7cccc8ccccc78)cc6)cc(-c6ccc(-c7ccccc7)cc6)n5)c5ccccc45)cccc3C2C=C1. The molecule has 9 aromatic rings. The van der Waals surface area contributed by atoms with Gasteiger partial charge in [0.2, 0.25) is 0 Å². The smallest absolute Gasteiger partial charge is 0.132 e. The fraction of sp³-hybridized carbons (Fsp3) is 0.0364. The molecule has 0 amide bonds. The fourth-order valence-electron chi connectivity index (χ4n) is 8.80. The van der Waals surface area contributed by atoms with Crippen LogP contribution in [0.15, 0.2) is 212 Å². The van der Waals surface area contributed by atoms with Crippen molar-refractivity contribution in [1.29, 1.82) is 0 Å². The van der Waals surface area contributed by atoms with Gasteiger partial charge in [-0.1, -0.05) is 194 Å². The lowest BCUT2D eigenvalue weighted by Gasteiger charge is -2.16. The van der Waals surface area contributed by atoms with Crippen molar-refractivity contribution in [2.75, 3.05) is 0 Å². The van der Waals surface area contributed by atoms with E-state index in [1.54, 1.807) is 0 Å². The molecule has 1 aliphatic carbocycles. The number of ether oxygens (including phenoxy) is 1. The minimum Gasteiger partial charge on any atom is -0.484 e. The molecule has 0 radical (unpaired) electrons. The van der Waals surface area contributed by atoms with E-state index in [0.29, 0.717) is 0 Å². The van der Waals surface area contributed by atoms with Crippen LogP contribution in [-0.2, 0) is 0 Å². The van der Waals surface area contributed by atoms with Crippen LogP contribution >= 0.6 is 0 Å². The lowest BCUT2D eigenvalue weighted by atomic mass is 9.88. The van der Waals surface area contributed by atoms with E-state index in [2.05, 4.69) is 212 Å². The molecule has 0 N–H and O–H groups in total. The van der Waals surface area contributed by atoms with Gasteiger partial charge in [0, 0.05) is 28.2 Å². The van der Waals surface area contributed by atoms with Gasteiger partial charge in [-0.3, -0.25) is 0 Å². The maximum absolute atomic E-state index is 6.63. The molecule has 0 fully saturated rings. The van der Waals surface area contributed by atoms with Crippen LogP contribution in [-0.4, -0.2) is 11.1 Å². The summed E-state index contributed by atoms with van der Waals surface area (Å²) < 4.78 is 6.63. The largest absolute Gasteiger partial charge is 0.484 e. The van der Waals surface area contributed by atoms with Crippen molar-refractivity contribution < 1.29 is 4.74 Å². The summed E-state index contributed by atoms with van der Waals surface area (Å²) in [4.78, 5) is 5.42.